The van der Waals surface area contributed by atoms with E-state index >= 15 is 0 Å². The van der Waals surface area contributed by atoms with E-state index in [-0.39, 0.29) is 17.2 Å². The Labute approximate surface area is 165 Å². The van der Waals surface area contributed by atoms with E-state index in [2.05, 4.69) is 0 Å². The molecule has 0 saturated carbocycles. The fourth-order valence-electron chi connectivity index (χ4n) is 3.77. The lowest BCUT2D eigenvalue weighted by molar-refractivity contribution is 0.375. The van der Waals surface area contributed by atoms with Crippen molar-refractivity contribution < 1.29 is 20.1 Å². The number of hydrogen-bond donors (Lipinski definition) is 3. The molecule has 0 spiro atoms. The van der Waals surface area contributed by atoms with Crippen molar-refractivity contribution in [3.63, 3.8) is 0 Å². The molecule has 3 aromatic carbocycles. The molecular weight excluding hydrogens is 352 g/mol. The molecule has 0 radical (unpaired) electrons. The Balaban J connectivity index is 2.29. The van der Waals surface area contributed by atoms with Crippen LogP contribution >= 0.6 is 0 Å². The number of aromatic hydroxyl groups is 3. The number of hydrogen-bond acceptors (Lipinski definition) is 4. The van der Waals surface area contributed by atoms with Crippen LogP contribution in [-0.4, -0.2) is 22.4 Å². The van der Waals surface area contributed by atoms with Gasteiger partial charge in [0.1, 0.15) is 11.5 Å². The van der Waals surface area contributed by atoms with Crippen LogP contribution in [0.2, 0.25) is 0 Å². The normalized spacial score (nSPS) is 10.9. The minimum absolute atomic E-state index is 0.0518. The summed E-state index contributed by atoms with van der Waals surface area (Å²) < 4.78 is 5.61. The van der Waals surface area contributed by atoms with Crippen LogP contribution < -0.4 is 4.74 Å². The molecule has 3 N–H and O–H groups in total. The molecule has 28 heavy (non-hydrogen) atoms. The monoisotopic (exact) mass is 378 g/mol. The molecule has 4 nitrogen and oxygen atoms in total. The van der Waals surface area contributed by atoms with Gasteiger partial charge in [0, 0.05) is 11.1 Å². The van der Waals surface area contributed by atoms with Gasteiger partial charge in [-0.05, 0) is 104 Å². The second-order valence-electron chi connectivity index (χ2n) is 7.42. The van der Waals surface area contributed by atoms with Gasteiger partial charge in [-0.3, -0.25) is 0 Å². The van der Waals surface area contributed by atoms with Gasteiger partial charge < -0.3 is 20.1 Å². The summed E-state index contributed by atoms with van der Waals surface area (Å²) in [4.78, 5) is 0. The molecule has 0 amide bonds. The molecule has 0 aliphatic heterocycles. The third-order valence-electron chi connectivity index (χ3n) is 5.24. The highest BCUT2D eigenvalue weighted by Gasteiger charge is 2.21. The van der Waals surface area contributed by atoms with Crippen molar-refractivity contribution in [2.45, 2.75) is 34.6 Å². The Bertz CT molecular complexity index is 1030. The second kappa shape index (κ2) is 7.12. The summed E-state index contributed by atoms with van der Waals surface area (Å²) in [5.74, 6) is 0.980. The SMILES string of the molecule is COc1c(O)c(-c2cc(C)c(O)c(C)c2)cc(C)c1-c1cc(C)c(O)c(C)c1. The van der Waals surface area contributed by atoms with E-state index in [0.29, 0.717) is 11.3 Å². The summed E-state index contributed by atoms with van der Waals surface area (Å²) >= 11 is 0. The highest BCUT2D eigenvalue weighted by atomic mass is 16.5. The van der Waals surface area contributed by atoms with Crippen LogP contribution in [0.25, 0.3) is 22.3 Å². The molecule has 0 aromatic heterocycles. The van der Waals surface area contributed by atoms with Crippen molar-refractivity contribution in [3.8, 4) is 45.3 Å². The smallest absolute Gasteiger partial charge is 0.169 e. The first kappa shape index (κ1) is 19.6. The maximum absolute atomic E-state index is 11.0. The van der Waals surface area contributed by atoms with Crippen LogP contribution in [0.3, 0.4) is 0 Å². The van der Waals surface area contributed by atoms with Crippen LogP contribution in [-0.2, 0) is 0 Å². The lowest BCUT2D eigenvalue weighted by Crippen LogP contribution is -1.96. The highest BCUT2D eigenvalue weighted by molar-refractivity contribution is 5.86. The largest absolute Gasteiger partial charge is 0.507 e. The van der Waals surface area contributed by atoms with Crippen molar-refractivity contribution in [1.29, 1.82) is 0 Å². The zero-order valence-electron chi connectivity index (χ0n) is 17.1. The fraction of sp³-hybridized carbons (Fsp3) is 0.250. The second-order valence-corrected chi connectivity index (χ2v) is 7.42. The number of aryl methyl sites for hydroxylation is 5. The van der Waals surface area contributed by atoms with E-state index in [4.69, 9.17) is 4.74 Å². The molecule has 0 aliphatic carbocycles. The Morgan fingerprint density at radius 2 is 1.00 bits per heavy atom. The number of phenolic OH excluding ortho intramolecular Hbond substituents is 3. The lowest BCUT2D eigenvalue weighted by Gasteiger charge is -2.19. The van der Waals surface area contributed by atoms with Gasteiger partial charge in [0.15, 0.2) is 11.5 Å². The number of rotatable bonds is 3. The van der Waals surface area contributed by atoms with Crippen LogP contribution in [0.4, 0.5) is 0 Å². The summed E-state index contributed by atoms with van der Waals surface area (Å²) in [6.07, 6.45) is 0. The number of benzene rings is 3. The van der Waals surface area contributed by atoms with E-state index < -0.39 is 0 Å². The van der Waals surface area contributed by atoms with Gasteiger partial charge in [0.25, 0.3) is 0 Å². The average Bonchev–Trinajstić information content (AvgIpc) is 2.64. The van der Waals surface area contributed by atoms with E-state index in [1.807, 2.05) is 65.0 Å². The lowest BCUT2D eigenvalue weighted by atomic mass is 9.90. The molecule has 0 aliphatic rings. The third kappa shape index (κ3) is 3.15. The molecule has 0 saturated heterocycles. The molecule has 0 bridgehead atoms. The van der Waals surface area contributed by atoms with Gasteiger partial charge in [-0.25, -0.2) is 0 Å². The summed E-state index contributed by atoms with van der Waals surface area (Å²) in [6, 6.07) is 9.41. The maximum Gasteiger partial charge on any atom is 0.169 e. The number of ether oxygens (including phenoxy) is 1. The van der Waals surface area contributed by atoms with Crippen molar-refractivity contribution in [2.75, 3.05) is 7.11 Å². The zero-order chi connectivity index (χ0) is 20.7. The summed E-state index contributed by atoms with van der Waals surface area (Å²) in [5.41, 5.74) is 7.11. The van der Waals surface area contributed by atoms with Crippen LogP contribution in [0.15, 0.2) is 30.3 Å². The standard InChI is InChI=1S/C24H26O4/c1-12-11-19(17-7-13(2)21(25)14(3)8-17)23(27)24(28-6)20(12)18-9-15(4)22(26)16(5)10-18/h7-11,25-27H,1-6H3. The Hall–Kier alpha value is -3.14. The molecule has 0 fully saturated rings. The van der Waals surface area contributed by atoms with Gasteiger partial charge in [-0.2, -0.15) is 0 Å². The van der Waals surface area contributed by atoms with Crippen molar-refractivity contribution in [3.05, 3.63) is 58.1 Å². The predicted molar refractivity (Wildman–Crippen MR) is 113 cm³/mol. The van der Waals surface area contributed by atoms with Gasteiger partial charge in [-0.1, -0.05) is 0 Å². The van der Waals surface area contributed by atoms with E-state index in [1.165, 1.54) is 7.11 Å². The molecule has 3 rings (SSSR count). The first-order valence-corrected chi connectivity index (χ1v) is 9.17. The first-order chi connectivity index (χ1) is 13.1. The van der Waals surface area contributed by atoms with Crippen LogP contribution in [0.5, 0.6) is 23.0 Å². The summed E-state index contributed by atoms with van der Waals surface area (Å²) in [5, 5.41) is 31.2. The van der Waals surface area contributed by atoms with Gasteiger partial charge in [-0.15, -0.1) is 0 Å². The molecule has 0 heterocycles. The summed E-state index contributed by atoms with van der Waals surface area (Å²) in [6.45, 7) is 9.35. The van der Waals surface area contributed by atoms with E-state index in [0.717, 1.165) is 44.5 Å². The minimum atomic E-state index is 0.0518. The molecule has 4 heteroatoms. The average molecular weight is 378 g/mol. The minimum Gasteiger partial charge on any atom is -0.507 e. The van der Waals surface area contributed by atoms with Crippen molar-refractivity contribution in [2.24, 2.45) is 0 Å². The maximum atomic E-state index is 11.0. The van der Waals surface area contributed by atoms with Crippen molar-refractivity contribution in [1.82, 2.24) is 0 Å². The molecule has 0 atom stereocenters. The molecule has 146 valence electrons. The third-order valence-corrected chi connectivity index (χ3v) is 5.24. The van der Waals surface area contributed by atoms with E-state index in [1.54, 1.807) is 0 Å². The van der Waals surface area contributed by atoms with Gasteiger partial charge in [0.2, 0.25) is 0 Å². The Morgan fingerprint density at radius 3 is 1.43 bits per heavy atom. The Kier molecular flexibility index (Phi) is 4.99. The van der Waals surface area contributed by atoms with Gasteiger partial charge >= 0.3 is 0 Å². The molecular formula is C24H26O4. The molecule has 3 aromatic rings. The summed E-state index contributed by atoms with van der Waals surface area (Å²) in [7, 11) is 1.54. The quantitative estimate of drug-likeness (QED) is 0.548. The zero-order valence-corrected chi connectivity index (χ0v) is 17.1. The topological polar surface area (TPSA) is 69.9 Å². The molecule has 0 unspecified atom stereocenters. The first-order valence-electron chi connectivity index (χ1n) is 9.17. The number of phenols is 3. The predicted octanol–water partition coefficient (Wildman–Crippen LogP) is 5.69. The highest BCUT2D eigenvalue weighted by Crippen LogP contribution is 2.47. The Morgan fingerprint density at radius 1 is 0.571 bits per heavy atom. The number of methoxy groups -OCH3 is 1. The van der Waals surface area contributed by atoms with Crippen LogP contribution in [0.1, 0.15) is 27.8 Å². The van der Waals surface area contributed by atoms with Gasteiger partial charge in [0.05, 0.1) is 7.11 Å². The van der Waals surface area contributed by atoms with E-state index in [9.17, 15) is 15.3 Å². The fourth-order valence-corrected chi connectivity index (χ4v) is 3.77. The van der Waals surface area contributed by atoms with Crippen LogP contribution in [0, 0.1) is 34.6 Å². The van der Waals surface area contributed by atoms with Crippen molar-refractivity contribution >= 4 is 0 Å².